The smallest absolute Gasteiger partial charge is 0.406 e. The second-order valence-corrected chi connectivity index (χ2v) is 8.75. The van der Waals surface area contributed by atoms with Crippen LogP contribution in [-0.4, -0.2) is 47.1 Å². The highest BCUT2D eigenvalue weighted by Gasteiger charge is 2.50. The van der Waals surface area contributed by atoms with Gasteiger partial charge in [-0.3, -0.25) is 4.68 Å². The lowest BCUT2D eigenvalue weighted by Gasteiger charge is -2.50. The van der Waals surface area contributed by atoms with Gasteiger partial charge in [0.2, 0.25) is 0 Å². The molecule has 9 nitrogen and oxygen atoms in total. The molecule has 0 unspecified atom stereocenters. The molecule has 32 heavy (non-hydrogen) atoms. The van der Waals surface area contributed by atoms with Gasteiger partial charge in [-0.1, -0.05) is 0 Å². The number of H-pyrrole nitrogens is 1. The van der Waals surface area contributed by atoms with Crippen LogP contribution >= 0.6 is 0 Å². The maximum Gasteiger partial charge on any atom is 0.413 e. The first-order valence-corrected chi connectivity index (χ1v) is 10.4. The summed E-state index contributed by atoms with van der Waals surface area (Å²) in [6.07, 6.45) is 4.68. The number of rotatable bonds is 4. The number of carbonyl (C=O) groups excluding carboxylic acids is 1. The van der Waals surface area contributed by atoms with E-state index in [1.165, 1.54) is 18.3 Å². The number of aromatic nitrogens is 5. The fraction of sp³-hybridized carbons (Fsp3) is 0.364. The number of ether oxygens (including phenoxy) is 1. The Bertz CT molecular complexity index is 1350. The Kier molecular flexibility index (Phi) is 4.45. The molecule has 0 bridgehead atoms. The van der Waals surface area contributed by atoms with E-state index in [0.29, 0.717) is 40.9 Å². The number of amides is 1. The number of aryl methyl sites for hydroxylation is 1. The van der Waals surface area contributed by atoms with Gasteiger partial charge in [0.25, 0.3) is 0 Å². The molecule has 1 saturated carbocycles. The standard InChI is InChI=1S/C22H23FN6O3/c1-21(2,31)22(7-4-8-22)27-20(30)32-16-11-25-19-18(16)26-14(10-24-19)17-13-6-5-12(23)9-15(13)29(3)28-17/h5-6,9-11,31H,4,7-8H2,1-3H3,(H,24,25)(H,27,30). The summed E-state index contributed by atoms with van der Waals surface area (Å²) < 4.78 is 20.8. The molecule has 0 aliphatic heterocycles. The van der Waals surface area contributed by atoms with Crippen molar-refractivity contribution < 1.29 is 19.0 Å². The molecule has 1 fully saturated rings. The van der Waals surface area contributed by atoms with Crippen molar-refractivity contribution in [1.82, 2.24) is 30.0 Å². The largest absolute Gasteiger partial charge is 0.413 e. The van der Waals surface area contributed by atoms with Crippen LogP contribution in [0.3, 0.4) is 0 Å². The van der Waals surface area contributed by atoms with E-state index in [1.807, 2.05) is 0 Å². The highest BCUT2D eigenvalue weighted by Crippen LogP contribution is 2.41. The highest BCUT2D eigenvalue weighted by molar-refractivity contribution is 5.93. The molecule has 1 amide bonds. The Morgan fingerprint density at radius 3 is 2.84 bits per heavy atom. The number of fused-ring (bicyclic) bond motifs is 2. The molecule has 3 heterocycles. The summed E-state index contributed by atoms with van der Waals surface area (Å²) in [5.74, 6) is -0.139. The minimum atomic E-state index is -1.07. The van der Waals surface area contributed by atoms with Gasteiger partial charge in [0.1, 0.15) is 17.2 Å². The Labute approximate surface area is 182 Å². The first kappa shape index (κ1) is 20.4. The summed E-state index contributed by atoms with van der Waals surface area (Å²) in [5, 5.41) is 18.5. The van der Waals surface area contributed by atoms with Crippen molar-refractivity contribution >= 4 is 28.2 Å². The van der Waals surface area contributed by atoms with Crippen LogP contribution in [0.25, 0.3) is 33.5 Å². The molecule has 3 aromatic heterocycles. The molecular formula is C22H23FN6O3. The lowest BCUT2D eigenvalue weighted by Crippen LogP contribution is -2.66. The molecule has 166 valence electrons. The Morgan fingerprint density at radius 2 is 2.16 bits per heavy atom. The van der Waals surface area contributed by atoms with Crippen LogP contribution in [-0.2, 0) is 7.05 Å². The fourth-order valence-corrected chi connectivity index (χ4v) is 4.22. The van der Waals surface area contributed by atoms with Gasteiger partial charge in [0.15, 0.2) is 16.9 Å². The predicted octanol–water partition coefficient (Wildman–Crippen LogP) is 3.43. The zero-order valence-electron chi connectivity index (χ0n) is 17.9. The predicted molar refractivity (Wildman–Crippen MR) is 116 cm³/mol. The second kappa shape index (κ2) is 6.99. The number of aromatic amines is 1. The molecule has 4 aromatic rings. The molecule has 0 radical (unpaired) electrons. The number of halogens is 1. The summed E-state index contributed by atoms with van der Waals surface area (Å²) in [5.41, 5.74) is 0.666. The monoisotopic (exact) mass is 438 g/mol. The minimum absolute atomic E-state index is 0.211. The third-order valence-corrected chi connectivity index (χ3v) is 6.32. The first-order valence-electron chi connectivity index (χ1n) is 10.4. The first-order chi connectivity index (χ1) is 15.2. The maximum atomic E-state index is 13.6. The summed E-state index contributed by atoms with van der Waals surface area (Å²) in [6.45, 7) is 3.36. The van der Waals surface area contributed by atoms with Crippen molar-refractivity contribution in [2.24, 2.45) is 7.05 Å². The zero-order chi connectivity index (χ0) is 22.7. The Morgan fingerprint density at radius 1 is 1.38 bits per heavy atom. The van der Waals surface area contributed by atoms with Crippen LogP contribution in [0.2, 0.25) is 0 Å². The van der Waals surface area contributed by atoms with Crippen LogP contribution < -0.4 is 10.1 Å². The molecule has 1 aromatic carbocycles. The number of aliphatic hydroxyl groups is 1. The summed E-state index contributed by atoms with van der Waals surface area (Å²) in [4.78, 5) is 24.5. The summed E-state index contributed by atoms with van der Waals surface area (Å²) in [7, 11) is 1.73. The quantitative estimate of drug-likeness (QED) is 0.449. The van der Waals surface area contributed by atoms with Gasteiger partial charge >= 0.3 is 6.09 Å². The minimum Gasteiger partial charge on any atom is -0.406 e. The van der Waals surface area contributed by atoms with Crippen LogP contribution in [0, 0.1) is 5.82 Å². The second-order valence-electron chi connectivity index (χ2n) is 8.75. The van der Waals surface area contributed by atoms with E-state index in [4.69, 9.17) is 4.74 Å². The maximum absolute atomic E-state index is 13.6. The number of nitrogens with zero attached hydrogens (tertiary/aromatic N) is 4. The molecule has 0 atom stereocenters. The molecule has 0 saturated heterocycles. The van der Waals surface area contributed by atoms with Gasteiger partial charge in [0.05, 0.1) is 22.9 Å². The van der Waals surface area contributed by atoms with Crippen molar-refractivity contribution in [2.45, 2.75) is 44.2 Å². The van der Waals surface area contributed by atoms with Gasteiger partial charge < -0.3 is 20.1 Å². The van der Waals surface area contributed by atoms with Crippen molar-refractivity contribution in [1.29, 1.82) is 0 Å². The number of benzene rings is 1. The third-order valence-electron chi connectivity index (χ3n) is 6.32. The van der Waals surface area contributed by atoms with E-state index in [1.54, 1.807) is 37.8 Å². The van der Waals surface area contributed by atoms with Gasteiger partial charge in [0, 0.05) is 18.6 Å². The lowest BCUT2D eigenvalue weighted by atomic mass is 9.67. The van der Waals surface area contributed by atoms with E-state index in [0.717, 1.165) is 11.8 Å². The van der Waals surface area contributed by atoms with Crippen molar-refractivity contribution in [3.8, 4) is 17.1 Å². The zero-order valence-corrected chi connectivity index (χ0v) is 17.9. The van der Waals surface area contributed by atoms with Crippen molar-refractivity contribution in [3.05, 3.63) is 36.4 Å². The van der Waals surface area contributed by atoms with Gasteiger partial charge in [-0.05, 0) is 51.3 Å². The SMILES string of the molecule is Cn1nc(-c2cnc3[nH]cc(OC(=O)NC4(C(C)(C)O)CCC4)c3n2)c2ccc(F)cc21. The molecule has 1 aliphatic carbocycles. The van der Waals surface area contributed by atoms with Crippen molar-refractivity contribution in [2.75, 3.05) is 0 Å². The average molecular weight is 438 g/mol. The van der Waals surface area contributed by atoms with Crippen molar-refractivity contribution in [3.63, 3.8) is 0 Å². The molecule has 1 aliphatic rings. The van der Waals surface area contributed by atoms with E-state index >= 15 is 0 Å². The van der Waals surface area contributed by atoms with Gasteiger partial charge in [-0.2, -0.15) is 5.10 Å². The number of hydrogen-bond acceptors (Lipinski definition) is 6. The lowest BCUT2D eigenvalue weighted by molar-refractivity contribution is -0.0584. The molecular weight excluding hydrogens is 415 g/mol. The summed E-state index contributed by atoms with van der Waals surface area (Å²) in [6, 6.07) is 4.43. The van der Waals surface area contributed by atoms with Gasteiger partial charge in [-0.15, -0.1) is 0 Å². The van der Waals surface area contributed by atoms with Crippen LogP contribution in [0.4, 0.5) is 9.18 Å². The van der Waals surface area contributed by atoms with Crippen LogP contribution in [0.1, 0.15) is 33.1 Å². The molecule has 0 spiro atoms. The highest BCUT2D eigenvalue weighted by atomic mass is 19.1. The van der Waals surface area contributed by atoms with E-state index in [9.17, 15) is 14.3 Å². The average Bonchev–Trinajstić information content (AvgIpc) is 3.24. The molecule has 5 rings (SSSR count). The Hall–Kier alpha value is -3.53. The molecule has 10 heteroatoms. The Balaban J connectivity index is 1.47. The topological polar surface area (TPSA) is 118 Å². The van der Waals surface area contributed by atoms with Crippen LogP contribution in [0.15, 0.2) is 30.6 Å². The number of hydrogen-bond donors (Lipinski definition) is 3. The third kappa shape index (κ3) is 3.18. The van der Waals surface area contributed by atoms with E-state index in [-0.39, 0.29) is 11.6 Å². The van der Waals surface area contributed by atoms with E-state index < -0.39 is 17.2 Å². The van der Waals surface area contributed by atoms with E-state index in [2.05, 4.69) is 25.4 Å². The summed E-state index contributed by atoms with van der Waals surface area (Å²) >= 11 is 0. The van der Waals surface area contributed by atoms with Gasteiger partial charge in [-0.25, -0.2) is 19.2 Å². The van der Waals surface area contributed by atoms with Crippen LogP contribution in [0.5, 0.6) is 5.75 Å². The fourth-order valence-electron chi connectivity index (χ4n) is 4.22. The number of carbonyl (C=O) groups is 1. The number of nitrogens with one attached hydrogen (secondary N) is 2. The molecule has 3 N–H and O–H groups in total. The normalized spacial score (nSPS) is 15.7.